The van der Waals surface area contributed by atoms with Crippen molar-refractivity contribution in [2.45, 2.75) is 13.0 Å². The highest BCUT2D eigenvalue weighted by molar-refractivity contribution is 5.70. The van der Waals surface area contributed by atoms with E-state index in [0.29, 0.717) is 11.3 Å². The molecule has 2 rings (SSSR count). The predicted molar refractivity (Wildman–Crippen MR) is 72.9 cm³/mol. The minimum absolute atomic E-state index is 0.0589. The fourth-order valence-corrected chi connectivity index (χ4v) is 1.79. The molecule has 0 spiro atoms. The van der Waals surface area contributed by atoms with Crippen molar-refractivity contribution in [2.75, 3.05) is 5.73 Å². The van der Waals surface area contributed by atoms with Crippen molar-refractivity contribution in [1.29, 1.82) is 0 Å². The van der Waals surface area contributed by atoms with Crippen LogP contribution in [0.1, 0.15) is 11.1 Å². The maximum Gasteiger partial charge on any atom is 0.307 e. The molecule has 0 saturated heterocycles. The molecule has 5 heteroatoms. The molecular formula is C15H14FNO3. The summed E-state index contributed by atoms with van der Waals surface area (Å²) in [6, 6.07) is 11.3. The third-order valence-corrected chi connectivity index (χ3v) is 2.83. The minimum atomic E-state index is -0.907. The van der Waals surface area contributed by atoms with E-state index in [-0.39, 0.29) is 18.7 Å². The number of benzene rings is 2. The number of carboxylic acids is 1. The summed E-state index contributed by atoms with van der Waals surface area (Å²) < 4.78 is 18.7. The number of hydrogen-bond acceptors (Lipinski definition) is 3. The lowest BCUT2D eigenvalue weighted by atomic mass is 10.1. The quantitative estimate of drug-likeness (QED) is 0.823. The molecule has 0 atom stereocenters. The molecule has 0 aromatic heterocycles. The number of ether oxygens (including phenoxy) is 1. The smallest absolute Gasteiger partial charge is 0.307 e. The molecule has 104 valence electrons. The average Bonchev–Trinajstić information content (AvgIpc) is 2.41. The summed E-state index contributed by atoms with van der Waals surface area (Å²) in [6.45, 7) is 0.173. The van der Waals surface area contributed by atoms with Crippen LogP contribution >= 0.6 is 0 Å². The summed E-state index contributed by atoms with van der Waals surface area (Å²) in [5, 5.41) is 8.84. The maximum absolute atomic E-state index is 13.3. The molecule has 0 saturated carbocycles. The van der Waals surface area contributed by atoms with Gasteiger partial charge in [0, 0.05) is 6.07 Å². The van der Waals surface area contributed by atoms with Crippen molar-refractivity contribution < 1.29 is 19.0 Å². The zero-order valence-electron chi connectivity index (χ0n) is 10.7. The van der Waals surface area contributed by atoms with Gasteiger partial charge >= 0.3 is 5.97 Å². The van der Waals surface area contributed by atoms with Gasteiger partial charge in [-0.05, 0) is 23.3 Å². The molecule has 0 bridgehead atoms. The van der Waals surface area contributed by atoms with Gasteiger partial charge in [-0.2, -0.15) is 0 Å². The van der Waals surface area contributed by atoms with E-state index in [4.69, 9.17) is 15.6 Å². The van der Waals surface area contributed by atoms with E-state index in [1.807, 2.05) is 0 Å². The monoisotopic (exact) mass is 275 g/mol. The molecule has 3 N–H and O–H groups in total. The Morgan fingerprint density at radius 2 is 1.90 bits per heavy atom. The van der Waals surface area contributed by atoms with Gasteiger partial charge in [-0.3, -0.25) is 4.79 Å². The van der Waals surface area contributed by atoms with Crippen molar-refractivity contribution in [1.82, 2.24) is 0 Å². The maximum atomic E-state index is 13.3. The fraction of sp³-hybridized carbons (Fsp3) is 0.133. The number of halogens is 1. The van der Waals surface area contributed by atoms with Crippen molar-refractivity contribution in [3.05, 3.63) is 59.4 Å². The van der Waals surface area contributed by atoms with Gasteiger partial charge in [0.1, 0.15) is 18.2 Å². The highest BCUT2D eigenvalue weighted by Gasteiger charge is 2.07. The Bertz CT molecular complexity index is 628. The Morgan fingerprint density at radius 1 is 1.20 bits per heavy atom. The number of rotatable bonds is 5. The van der Waals surface area contributed by atoms with Gasteiger partial charge in [0.2, 0.25) is 0 Å². The molecule has 0 aliphatic heterocycles. The zero-order valence-corrected chi connectivity index (χ0v) is 10.7. The van der Waals surface area contributed by atoms with Crippen LogP contribution in [0.2, 0.25) is 0 Å². The van der Waals surface area contributed by atoms with Crippen LogP contribution in [0.25, 0.3) is 0 Å². The Balaban J connectivity index is 2.10. The first kappa shape index (κ1) is 13.9. The topological polar surface area (TPSA) is 72.5 Å². The van der Waals surface area contributed by atoms with E-state index in [9.17, 15) is 9.18 Å². The Hall–Kier alpha value is -2.56. The van der Waals surface area contributed by atoms with Crippen LogP contribution in [0.3, 0.4) is 0 Å². The number of anilines is 1. The molecule has 20 heavy (non-hydrogen) atoms. The summed E-state index contributed by atoms with van der Waals surface area (Å²) in [4.78, 5) is 10.8. The third kappa shape index (κ3) is 3.47. The van der Waals surface area contributed by atoms with Crippen LogP contribution in [0.5, 0.6) is 5.75 Å². The molecule has 0 aliphatic rings. The van der Waals surface area contributed by atoms with E-state index in [1.54, 1.807) is 30.3 Å². The second-order valence-corrected chi connectivity index (χ2v) is 4.31. The van der Waals surface area contributed by atoms with Crippen LogP contribution in [0, 0.1) is 5.82 Å². The Morgan fingerprint density at radius 3 is 2.55 bits per heavy atom. The Labute approximate surface area is 115 Å². The van der Waals surface area contributed by atoms with Gasteiger partial charge in [0.15, 0.2) is 0 Å². The van der Waals surface area contributed by atoms with Crippen molar-refractivity contribution in [3.63, 3.8) is 0 Å². The molecule has 0 amide bonds. The van der Waals surface area contributed by atoms with Gasteiger partial charge in [-0.15, -0.1) is 0 Å². The highest BCUT2D eigenvalue weighted by atomic mass is 19.1. The van der Waals surface area contributed by atoms with E-state index < -0.39 is 11.8 Å². The van der Waals surface area contributed by atoms with Gasteiger partial charge < -0.3 is 15.6 Å². The standard InChI is InChI=1S/C15H14FNO3/c16-13-8-12(5-6-14(13)17)20-9-11-4-2-1-3-10(11)7-15(18)19/h1-6,8H,7,9,17H2,(H,18,19). The van der Waals surface area contributed by atoms with Crippen LogP contribution in [0.4, 0.5) is 10.1 Å². The Kier molecular flexibility index (Phi) is 4.20. The van der Waals surface area contributed by atoms with Gasteiger partial charge in [-0.25, -0.2) is 4.39 Å². The summed E-state index contributed by atoms with van der Waals surface area (Å²) >= 11 is 0. The number of carbonyl (C=O) groups is 1. The zero-order chi connectivity index (χ0) is 14.5. The van der Waals surface area contributed by atoms with Crippen molar-refractivity contribution >= 4 is 11.7 Å². The number of aliphatic carboxylic acids is 1. The van der Waals surface area contributed by atoms with E-state index >= 15 is 0 Å². The molecule has 0 radical (unpaired) electrons. The normalized spacial score (nSPS) is 10.2. The lowest BCUT2D eigenvalue weighted by Crippen LogP contribution is -2.06. The first-order valence-electron chi connectivity index (χ1n) is 6.02. The summed E-state index contributed by atoms with van der Waals surface area (Å²) in [6.07, 6.45) is -0.0738. The number of nitrogens with two attached hydrogens (primary N) is 1. The second-order valence-electron chi connectivity index (χ2n) is 4.31. The first-order valence-corrected chi connectivity index (χ1v) is 6.02. The lowest BCUT2D eigenvalue weighted by molar-refractivity contribution is -0.136. The molecule has 0 unspecified atom stereocenters. The van der Waals surface area contributed by atoms with Gasteiger partial charge in [0.25, 0.3) is 0 Å². The minimum Gasteiger partial charge on any atom is -0.489 e. The van der Waals surface area contributed by atoms with Crippen LogP contribution < -0.4 is 10.5 Å². The van der Waals surface area contributed by atoms with E-state index in [0.717, 1.165) is 5.56 Å². The van der Waals surface area contributed by atoms with E-state index in [1.165, 1.54) is 12.1 Å². The highest BCUT2D eigenvalue weighted by Crippen LogP contribution is 2.20. The molecule has 2 aromatic rings. The molecule has 0 fully saturated rings. The largest absolute Gasteiger partial charge is 0.489 e. The fourth-order valence-electron chi connectivity index (χ4n) is 1.79. The SMILES string of the molecule is Nc1ccc(OCc2ccccc2CC(=O)O)cc1F. The molecular weight excluding hydrogens is 261 g/mol. The summed E-state index contributed by atoms with van der Waals surface area (Å²) in [5.41, 5.74) is 6.87. The predicted octanol–water partition coefficient (Wildman–Crippen LogP) is 2.61. The summed E-state index contributed by atoms with van der Waals surface area (Å²) in [7, 11) is 0. The third-order valence-electron chi connectivity index (χ3n) is 2.83. The molecule has 4 nitrogen and oxygen atoms in total. The van der Waals surface area contributed by atoms with Crippen molar-refractivity contribution in [2.24, 2.45) is 0 Å². The average molecular weight is 275 g/mol. The lowest BCUT2D eigenvalue weighted by Gasteiger charge is -2.10. The molecule has 0 aliphatic carbocycles. The van der Waals surface area contributed by atoms with Crippen LogP contribution in [-0.2, 0) is 17.8 Å². The second kappa shape index (κ2) is 6.06. The molecule has 0 heterocycles. The number of carboxylic acid groups (broad SMARTS) is 1. The van der Waals surface area contributed by atoms with Crippen LogP contribution in [0.15, 0.2) is 42.5 Å². The number of nitrogen functional groups attached to an aromatic ring is 1. The first-order chi connectivity index (χ1) is 9.56. The van der Waals surface area contributed by atoms with Crippen LogP contribution in [-0.4, -0.2) is 11.1 Å². The van der Waals surface area contributed by atoms with Gasteiger partial charge in [-0.1, -0.05) is 24.3 Å². The number of hydrogen-bond donors (Lipinski definition) is 2. The van der Waals surface area contributed by atoms with E-state index in [2.05, 4.69) is 0 Å². The summed E-state index contributed by atoms with van der Waals surface area (Å²) in [5.74, 6) is -1.10. The molecule has 2 aromatic carbocycles. The van der Waals surface area contributed by atoms with Gasteiger partial charge in [0.05, 0.1) is 12.1 Å². The van der Waals surface area contributed by atoms with Crippen molar-refractivity contribution in [3.8, 4) is 5.75 Å².